The van der Waals surface area contributed by atoms with Gasteiger partial charge in [0.05, 0.1) is 6.20 Å². The van der Waals surface area contributed by atoms with E-state index in [9.17, 15) is 0 Å². The van der Waals surface area contributed by atoms with Crippen molar-refractivity contribution in [2.24, 2.45) is 5.92 Å². The number of rotatable bonds is 7. The Morgan fingerprint density at radius 2 is 1.65 bits per heavy atom. The molecular formula is C42H40N4OPt. The zero-order chi connectivity index (χ0) is 32.9. The molecule has 0 saturated carbocycles. The molecule has 0 aliphatic rings. The van der Waals surface area contributed by atoms with Crippen LogP contribution in [0.25, 0.3) is 44.4 Å². The molecule has 0 aliphatic heterocycles. The summed E-state index contributed by atoms with van der Waals surface area (Å²) in [6.07, 6.45) is 6.93. The molecule has 0 unspecified atom stereocenters. The van der Waals surface area contributed by atoms with Crippen molar-refractivity contribution < 1.29 is 25.8 Å². The van der Waals surface area contributed by atoms with Gasteiger partial charge in [0.2, 0.25) is 0 Å². The Morgan fingerprint density at radius 1 is 0.854 bits per heavy atom. The molecule has 0 amide bonds. The summed E-state index contributed by atoms with van der Waals surface area (Å²) in [5.74, 6) is 2.60. The quantitative estimate of drug-likeness (QED) is 0.151. The molecule has 0 atom stereocenters. The van der Waals surface area contributed by atoms with E-state index >= 15 is 0 Å². The standard InChI is InChI=1S/C42H40N4O.Pt/c1-27(2)19-30-22-32(42(5,6)7)21-29(4)41(30)31-25-44-45(26-31)33-11-10-12-34(23-33)47-35-15-16-37-36-13-8-9-14-38(36)46(39(37)24-35)40-20-28(3)17-18-43-40;/h8-18,20-22,25-27H,19H2,1-7H3;/q-2;+2. The van der Waals surface area contributed by atoms with Crippen molar-refractivity contribution in [2.45, 2.75) is 60.3 Å². The maximum Gasteiger partial charge on any atom is 2.00 e. The Hall–Kier alpha value is -4.47. The number of hydrogen-bond donors (Lipinski definition) is 0. The van der Waals surface area contributed by atoms with Gasteiger partial charge >= 0.3 is 21.1 Å². The first-order valence-corrected chi connectivity index (χ1v) is 16.3. The van der Waals surface area contributed by atoms with Crippen molar-refractivity contribution in [1.82, 2.24) is 19.3 Å². The number of aryl methyl sites for hydroxylation is 2. The Kier molecular flexibility index (Phi) is 9.20. The summed E-state index contributed by atoms with van der Waals surface area (Å²) in [5.41, 5.74) is 10.4. The van der Waals surface area contributed by atoms with Crippen molar-refractivity contribution in [3.05, 3.63) is 132 Å². The summed E-state index contributed by atoms with van der Waals surface area (Å²) in [4.78, 5) is 4.69. The van der Waals surface area contributed by atoms with E-state index in [1.807, 2.05) is 47.4 Å². The Labute approximate surface area is 297 Å². The average Bonchev–Trinajstić information content (AvgIpc) is 3.63. The van der Waals surface area contributed by atoms with Crippen LogP contribution in [0.2, 0.25) is 0 Å². The minimum atomic E-state index is 0. The van der Waals surface area contributed by atoms with Crippen LogP contribution in [0.15, 0.2) is 97.5 Å². The van der Waals surface area contributed by atoms with Gasteiger partial charge in [-0.3, -0.25) is 4.68 Å². The summed E-state index contributed by atoms with van der Waals surface area (Å²) < 4.78 is 10.4. The molecule has 4 aromatic carbocycles. The molecule has 0 spiro atoms. The van der Waals surface area contributed by atoms with E-state index in [-0.39, 0.29) is 26.5 Å². The monoisotopic (exact) mass is 811 g/mol. The van der Waals surface area contributed by atoms with Crippen molar-refractivity contribution >= 4 is 21.8 Å². The molecule has 6 heteroatoms. The third kappa shape index (κ3) is 6.49. The van der Waals surface area contributed by atoms with Crippen LogP contribution in [0, 0.1) is 31.9 Å². The van der Waals surface area contributed by atoms with Crippen LogP contribution in [0.5, 0.6) is 11.5 Å². The van der Waals surface area contributed by atoms with Crippen molar-refractivity contribution in [1.29, 1.82) is 0 Å². The van der Waals surface area contributed by atoms with Gasteiger partial charge in [0.25, 0.3) is 0 Å². The van der Waals surface area contributed by atoms with Crippen molar-refractivity contribution in [3.63, 3.8) is 0 Å². The van der Waals surface area contributed by atoms with Crippen molar-refractivity contribution in [3.8, 4) is 34.1 Å². The van der Waals surface area contributed by atoms with E-state index in [2.05, 4.69) is 120 Å². The van der Waals surface area contributed by atoms with Crippen LogP contribution < -0.4 is 4.74 Å². The summed E-state index contributed by atoms with van der Waals surface area (Å²) in [7, 11) is 0. The smallest absolute Gasteiger partial charge is 0.509 e. The normalized spacial score (nSPS) is 11.8. The Morgan fingerprint density at radius 3 is 2.42 bits per heavy atom. The molecule has 0 saturated heterocycles. The number of benzene rings is 4. The van der Waals surface area contributed by atoms with E-state index in [1.165, 1.54) is 22.3 Å². The number of pyridine rings is 1. The van der Waals surface area contributed by atoms with E-state index in [0.717, 1.165) is 50.9 Å². The van der Waals surface area contributed by atoms with Crippen molar-refractivity contribution in [2.75, 3.05) is 0 Å². The van der Waals surface area contributed by atoms with Gasteiger partial charge in [-0.25, -0.2) is 4.98 Å². The molecular weight excluding hydrogens is 772 g/mol. The van der Waals surface area contributed by atoms with Gasteiger partial charge in [0, 0.05) is 35.0 Å². The number of nitrogens with zero attached hydrogens (tertiary/aromatic N) is 4. The molecule has 3 aromatic heterocycles. The van der Waals surface area contributed by atoms with Crippen LogP contribution >= 0.6 is 0 Å². The molecule has 0 bridgehead atoms. The Bertz CT molecular complexity index is 2250. The predicted molar refractivity (Wildman–Crippen MR) is 192 cm³/mol. The third-order valence-electron chi connectivity index (χ3n) is 8.69. The number of aromatic nitrogens is 4. The second-order valence-corrected chi connectivity index (χ2v) is 14.0. The first kappa shape index (κ1) is 33.4. The SMILES string of the molecule is Cc1ccnc(-n2c3[c-]c(Oc4[c-]c(-n5cc(-c6c(C)cc(C(C)(C)C)cc6CC(C)C)cn5)ccc4)ccc3c3ccccc32)c1.[Pt+2]. The fourth-order valence-corrected chi connectivity index (χ4v) is 6.45. The van der Waals surface area contributed by atoms with E-state index in [4.69, 9.17) is 14.8 Å². The van der Waals surface area contributed by atoms with Crippen LogP contribution in [-0.2, 0) is 32.9 Å². The maximum absolute atomic E-state index is 6.39. The van der Waals surface area contributed by atoms with Gasteiger partial charge in [-0.2, -0.15) is 17.2 Å². The second kappa shape index (κ2) is 13.2. The Balaban J connectivity index is 0.00000401. The summed E-state index contributed by atoms with van der Waals surface area (Å²) in [5, 5.41) is 7.02. The largest absolute Gasteiger partial charge is 2.00 e. The first-order valence-electron chi connectivity index (χ1n) is 16.3. The van der Waals surface area contributed by atoms with Gasteiger partial charge in [-0.15, -0.1) is 35.7 Å². The zero-order valence-corrected chi connectivity index (χ0v) is 30.8. The van der Waals surface area contributed by atoms with Gasteiger partial charge in [-0.1, -0.05) is 70.5 Å². The fraction of sp³-hybridized carbons (Fsp3) is 0.238. The summed E-state index contributed by atoms with van der Waals surface area (Å²) in [6, 6.07) is 34.1. The van der Waals surface area contributed by atoms with Crippen LogP contribution in [-0.4, -0.2) is 19.3 Å². The van der Waals surface area contributed by atoms with Gasteiger partial charge in [0.15, 0.2) is 0 Å². The fourth-order valence-electron chi connectivity index (χ4n) is 6.45. The zero-order valence-electron chi connectivity index (χ0n) is 28.5. The minimum absolute atomic E-state index is 0. The molecule has 7 aromatic rings. The number of para-hydroxylation sites is 1. The second-order valence-electron chi connectivity index (χ2n) is 14.0. The summed E-state index contributed by atoms with van der Waals surface area (Å²) in [6.45, 7) is 15.7. The number of fused-ring (bicyclic) bond motifs is 3. The average molecular weight is 812 g/mol. The van der Waals surface area contributed by atoms with Crippen LogP contribution in [0.4, 0.5) is 0 Å². The molecule has 244 valence electrons. The number of ether oxygens (including phenoxy) is 1. The van der Waals surface area contributed by atoms with E-state index in [0.29, 0.717) is 17.4 Å². The molecule has 0 fully saturated rings. The summed E-state index contributed by atoms with van der Waals surface area (Å²) >= 11 is 0. The molecule has 48 heavy (non-hydrogen) atoms. The number of hydrogen-bond acceptors (Lipinski definition) is 3. The van der Waals surface area contributed by atoms with Gasteiger partial charge < -0.3 is 9.30 Å². The maximum atomic E-state index is 6.39. The van der Waals surface area contributed by atoms with Crippen LogP contribution in [0.3, 0.4) is 0 Å². The molecule has 5 nitrogen and oxygen atoms in total. The molecule has 0 radical (unpaired) electrons. The van der Waals surface area contributed by atoms with Gasteiger partial charge in [-0.05, 0) is 88.7 Å². The molecule has 0 N–H and O–H groups in total. The first-order chi connectivity index (χ1) is 22.5. The van der Waals surface area contributed by atoms with Crippen LogP contribution in [0.1, 0.15) is 56.9 Å². The molecule has 3 heterocycles. The van der Waals surface area contributed by atoms with E-state index < -0.39 is 0 Å². The topological polar surface area (TPSA) is 44.9 Å². The molecule has 0 aliphatic carbocycles. The molecule has 7 rings (SSSR count). The van der Waals surface area contributed by atoms with Gasteiger partial charge in [0.1, 0.15) is 5.82 Å². The predicted octanol–water partition coefficient (Wildman–Crippen LogP) is 10.5. The minimum Gasteiger partial charge on any atom is -0.509 e. The third-order valence-corrected chi connectivity index (χ3v) is 8.69. The van der Waals surface area contributed by atoms with E-state index in [1.54, 1.807) is 0 Å².